The van der Waals surface area contributed by atoms with Crippen LogP contribution < -0.4 is 5.32 Å². The van der Waals surface area contributed by atoms with Gasteiger partial charge in [0, 0.05) is 12.1 Å². The zero-order chi connectivity index (χ0) is 17.6. The van der Waals surface area contributed by atoms with Crippen LogP contribution in [-0.4, -0.2) is 17.3 Å². The third-order valence-electron chi connectivity index (χ3n) is 3.93. The molecule has 0 saturated carbocycles. The van der Waals surface area contributed by atoms with E-state index in [0.717, 1.165) is 35.6 Å². The number of hydrogen-bond acceptors (Lipinski definition) is 4. The number of rotatable bonds is 7. The number of aryl methyl sites for hydroxylation is 2. The van der Waals surface area contributed by atoms with Crippen LogP contribution in [0.2, 0.25) is 0 Å². The molecular weight excluding hydrogens is 335 g/mol. The molecule has 5 heteroatoms. The first-order valence-corrected chi connectivity index (χ1v) is 8.99. The molecule has 128 valence electrons. The van der Waals surface area contributed by atoms with Gasteiger partial charge in [-0.1, -0.05) is 47.7 Å². The van der Waals surface area contributed by atoms with E-state index in [0.29, 0.717) is 10.4 Å². The molecule has 0 unspecified atom stereocenters. The standard InChI is InChI=1S/C20H19FN2OS/c1-14-6-2-3-10-17(14)19(24)18-13-23-20(25-18)22-11-5-8-15-7-4-9-16(21)12-15/h2-4,6-7,9-10,12-13H,5,8,11H2,1H3,(H,22,23). The summed E-state index contributed by atoms with van der Waals surface area (Å²) >= 11 is 1.36. The molecule has 1 N–H and O–H groups in total. The summed E-state index contributed by atoms with van der Waals surface area (Å²) in [7, 11) is 0. The number of carbonyl (C=O) groups excluding carboxylic acids is 1. The molecule has 3 rings (SSSR count). The van der Waals surface area contributed by atoms with Gasteiger partial charge in [-0.3, -0.25) is 4.79 Å². The summed E-state index contributed by atoms with van der Waals surface area (Å²) in [6.07, 6.45) is 3.28. The van der Waals surface area contributed by atoms with Crippen molar-refractivity contribution in [1.29, 1.82) is 0 Å². The Morgan fingerprint density at radius 2 is 2.04 bits per heavy atom. The van der Waals surface area contributed by atoms with Crippen molar-refractivity contribution in [3.63, 3.8) is 0 Å². The molecule has 0 fully saturated rings. The van der Waals surface area contributed by atoms with Crippen molar-refractivity contribution in [2.24, 2.45) is 0 Å². The van der Waals surface area contributed by atoms with Crippen LogP contribution in [0.4, 0.5) is 9.52 Å². The van der Waals surface area contributed by atoms with E-state index in [4.69, 9.17) is 0 Å². The topological polar surface area (TPSA) is 42.0 Å². The van der Waals surface area contributed by atoms with E-state index in [2.05, 4.69) is 10.3 Å². The van der Waals surface area contributed by atoms with Crippen molar-refractivity contribution in [1.82, 2.24) is 4.98 Å². The fourth-order valence-corrected chi connectivity index (χ4v) is 3.40. The number of nitrogens with zero attached hydrogens (tertiary/aromatic N) is 1. The Kier molecular flexibility index (Phi) is 5.56. The van der Waals surface area contributed by atoms with Crippen LogP contribution >= 0.6 is 11.3 Å². The molecule has 0 amide bonds. The summed E-state index contributed by atoms with van der Waals surface area (Å²) < 4.78 is 13.1. The second kappa shape index (κ2) is 8.03. The van der Waals surface area contributed by atoms with Crippen LogP contribution in [0.25, 0.3) is 0 Å². The number of nitrogens with one attached hydrogen (secondary N) is 1. The summed E-state index contributed by atoms with van der Waals surface area (Å²) in [5, 5.41) is 3.96. The Morgan fingerprint density at radius 3 is 2.84 bits per heavy atom. The van der Waals surface area contributed by atoms with Crippen LogP contribution in [0.3, 0.4) is 0 Å². The smallest absolute Gasteiger partial charge is 0.204 e. The number of aromatic nitrogens is 1. The first kappa shape index (κ1) is 17.3. The maximum Gasteiger partial charge on any atom is 0.204 e. The number of benzene rings is 2. The molecule has 0 bridgehead atoms. The Hall–Kier alpha value is -2.53. The van der Waals surface area contributed by atoms with E-state index in [1.54, 1.807) is 18.3 Å². The predicted octanol–water partition coefficient (Wildman–Crippen LogP) is 4.87. The first-order valence-electron chi connectivity index (χ1n) is 8.18. The highest BCUT2D eigenvalue weighted by Gasteiger charge is 2.14. The van der Waals surface area contributed by atoms with Crippen molar-refractivity contribution >= 4 is 22.3 Å². The van der Waals surface area contributed by atoms with E-state index in [1.807, 2.05) is 37.3 Å². The zero-order valence-electron chi connectivity index (χ0n) is 14.0. The average Bonchev–Trinajstić information content (AvgIpc) is 3.08. The van der Waals surface area contributed by atoms with Gasteiger partial charge >= 0.3 is 0 Å². The van der Waals surface area contributed by atoms with E-state index >= 15 is 0 Å². The van der Waals surface area contributed by atoms with Crippen molar-refractivity contribution in [2.75, 3.05) is 11.9 Å². The lowest BCUT2D eigenvalue weighted by atomic mass is 10.0. The van der Waals surface area contributed by atoms with Gasteiger partial charge in [-0.25, -0.2) is 9.37 Å². The molecule has 25 heavy (non-hydrogen) atoms. The minimum Gasteiger partial charge on any atom is -0.361 e. The van der Waals surface area contributed by atoms with Gasteiger partial charge < -0.3 is 5.32 Å². The molecule has 0 radical (unpaired) electrons. The van der Waals surface area contributed by atoms with Crippen molar-refractivity contribution in [3.8, 4) is 0 Å². The highest BCUT2D eigenvalue weighted by atomic mass is 32.1. The lowest BCUT2D eigenvalue weighted by molar-refractivity contribution is 0.104. The van der Waals surface area contributed by atoms with Crippen LogP contribution in [0.15, 0.2) is 54.7 Å². The van der Waals surface area contributed by atoms with Gasteiger partial charge in [0.15, 0.2) is 5.13 Å². The fourth-order valence-electron chi connectivity index (χ4n) is 2.60. The maximum atomic E-state index is 13.1. The Morgan fingerprint density at radius 1 is 1.20 bits per heavy atom. The number of anilines is 1. The lowest BCUT2D eigenvalue weighted by Gasteiger charge is -2.03. The fraction of sp³-hybridized carbons (Fsp3) is 0.200. The zero-order valence-corrected chi connectivity index (χ0v) is 14.8. The molecular formula is C20H19FN2OS. The summed E-state index contributed by atoms with van der Waals surface area (Å²) in [6.45, 7) is 2.65. The van der Waals surface area contributed by atoms with Gasteiger partial charge in [0.1, 0.15) is 5.82 Å². The lowest BCUT2D eigenvalue weighted by Crippen LogP contribution is -2.02. The highest BCUT2D eigenvalue weighted by Crippen LogP contribution is 2.22. The summed E-state index contributed by atoms with van der Waals surface area (Å²) in [6, 6.07) is 14.2. The van der Waals surface area contributed by atoms with E-state index < -0.39 is 0 Å². The van der Waals surface area contributed by atoms with Crippen LogP contribution in [0.1, 0.15) is 32.8 Å². The molecule has 0 atom stereocenters. The van der Waals surface area contributed by atoms with Crippen molar-refractivity contribution in [3.05, 3.63) is 82.1 Å². The average molecular weight is 354 g/mol. The summed E-state index contributed by atoms with van der Waals surface area (Å²) in [5.41, 5.74) is 2.66. The molecule has 3 aromatic rings. The van der Waals surface area contributed by atoms with Crippen molar-refractivity contribution < 1.29 is 9.18 Å². The van der Waals surface area contributed by atoms with Gasteiger partial charge in [-0.2, -0.15) is 0 Å². The molecule has 1 aromatic heterocycles. The Bertz CT molecular complexity index is 875. The normalized spacial score (nSPS) is 10.6. The second-order valence-corrected chi connectivity index (χ2v) is 6.86. The van der Waals surface area contributed by atoms with E-state index in [-0.39, 0.29) is 11.6 Å². The first-order chi connectivity index (χ1) is 12.1. The van der Waals surface area contributed by atoms with Gasteiger partial charge in [0.2, 0.25) is 5.78 Å². The number of carbonyl (C=O) groups is 1. The molecule has 0 aliphatic rings. The SMILES string of the molecule is Cc1ccccc1C(=O)c1cnc(NCCCc2cccc(F)c2)s1. The van der Waals surface area contributed by atoms with Crippen LogP contribution in [-0.2, 0) is 6.42 Å². The number of ketones is 1. The molecule has 0 saturated heterocycles. The van der Waals surface area contributed by atoms with Crippen LogP contribution in [0, 0.1) is 12.7 Å². The third-order valence-corrected chi connectivity index (χ3v) is 4.88. The Labute approximate surface area is 150 Å². The molecule has 0 spiro atoms. The molecule has 2 aromatic carbocycles. The molecule has 3 nitrogen and oxygen atoms in total. The monoisotopic (exact) mass is 354 g/mol. The minimum absolute atomic E-state index is 0.00316. The Balaban J connectivity index is 1.53. The molecule has 0 aliphatic heterocycles. The number of halogens is 1. The predicted molar refractivity (Wildman–Crippen MR) is 99.9 cm³/mol. The summed E-state index contributed by atoms with van der Waals surface area (Å²) in [5.74, 6) is -0.201. The second-order valence-electron chi connectivity index (χ2n) is 5.83. The highest BCUT2D eigenvalue weighted by molar-refractivity contribution is 7.17. The molecule has 0 aliphatic carbocycles. The van der Waals surface area contributed by atoms with Gasteiger partial charge in [-0.05, 0) is 43.0 Å². The summed E-state index contributed by atoms with van der Waals surface area (Å²) in [4.78, 5) is 17.4. The third kappa shape index (κ3) is 4.51. The molecule has 1 heterocycles. The maximum absolute atomic E-state index is 13.1. The van der Waals surface area contributed by atoms with Gasteiger partial charge in [-0.15, -0.1) is 0 Å². The van der Waals surface area contributed by atoms with Crippen LogP contribution in [0.5, 0.6) is 0 Å². The van der Waals surface area contributed by atoms with E-state index in [1.165, 1.54) is 17.4 Å². The van der Waals surface area contributed by atoms with Crippen molar-refractivity contribution in [2.45, 2.75) is 19.8 Å². The quantitative estimate of drug-likeness (QED) is 0.486. The number of hydrogen-bond donors (Lipinski definition) is 1. The van der Waals surface area contributed by atoms with Gasteiger partial charge in [0.25, 0.3) is 0 Å². The largest absolute Gasteiger partial charge is 0.361 e. The minimum atomic E-state index is -0.204. The number of thiazole rings is 1. The van der Waals surface area contributed by atoms with Gasteiger partial charge in [0.05, 0.1) is 11.1 Å². The van der Waals surface area contributed by atoms with E-state index in [9.17, 15) is 9.18 Å².